The van der Waals surface area contributed by atoms with Gasteiger partial charge in [0.15, 0.2) is 0 Å². The molecule has 164 valence electrons. The van der Waals surface area contributed by atoms with Crippen molar-refractivity contribution in [3.8, 4) is 6.07 Å². The van der Waals surface area contributed by atoms with E-state index in [9.17, 15) is 14.9 Å². The third kappa shape index (κ3) is 4.17. The number of imide groups is 1. The zero-order valence-electron chi connectivity index (χ0n) is 18.3. The fourth-order valence-corrected chi connectivity index (χ4v) is 5.72. The molecule has 1 aliphatic carbocycles. The molecule has 2 heterocycles. The number of pyridine rings is 1. The molecule has 0 saturated carbocycles. The highest BCUT2D eigenvalue weighted by molar-refractivity contribution is 8.00. The van der Waals surface area contributed by atoms with Crippen molar-refractivity contribution in [2.24, 2.45) is 0 Å². The molecule has 5 rings (SSSR count). The predicted octanol–water partition coefficient (Wildman–Crippen LogP) is 4.96. The maximum atomic E-state index is 13.1. The minimum atomic E-state index is -0.572. The van der Waals surface area contributed by atoms with Crippen molar-refractivity contribution in [1.29, 1.82) is 5.26 Å². The standard InChI is InChI=1S/C27H23N3O2S/c1-17-7-10-22(11-8-17)30-25(31)15-24(27(30)32)33-26-21(16-28)14-20-13-19(9-12-23(20)29-26)18-5-3-2-4-6-18/h2-8,10-11,14,19,24H,9,12-13,15H2,1H3/t19-,24-/m0/s1. The Kier molecular flexibility index (Phi) is 5.74. The molecule has 33 heavy (non-hydrogen) atoms. The number of fused-ring (bicyclic) bond motifs is 1. The smallest absolute Gasteiger partial charge is 0.247 e. The summed E-state index contributed by atoms with van der Waals surface area (Å²) in [5.74, 6) is -0.0485. The molecule has 2 aliphatic rings. The van der Waals surface area contributed by atoms with E-state index >= 15 is 0 Å². The fourth-order valence-electron chi connectivity index (χ4n) is 4.62. The summed E-state index contributed by atoms with van der Waals surface area (Å²) in [5.41, 5.74) is 5.54. The van der Waals surface area contributed by atoms with Crippen molar-refractivity contribution < 1.29 is 9.59 Å². The summed E-state index contributed by atoms with van der Waals surface area (Å²) in [5, 5.41) is 9.76. The van der Waals surface area contributed by atoms with E-state index in [4.69, 9.17) is 4.98 Å². The van der Waals surface area contributed by atoms with Crippen molar-refractivity contribution in [1.82, 2.24) is 4.98 Å². The molecule has 0 N–H and O–H groups in total. The number of hydrogen-bond acceptors (Lipinski definition) is 5. The van der Waals surface area contributed by atoms with Crippen LogP contribution < -0.4 is 4.90 Å². The first-order valence-corrected chi connectivity index (χ1v) is 12.0. The zero-order chi connectivity index (χ0) is 22.9. The number of nitrogens with zero attached hydrogens (tertiary/aromatic N) is 3. The van der Waals surface area contributed by atoms with Crippen LogP contribution in [0.1, 0.15) is 46.7 Å². The lowest BCUT2D eigenvalue weighted by atomic mass is 9.82. The maximum absolute atomic E-state index is 13.1. The van der Waals surface area contributed by atoms with Crippen LogP contribution >= 0.6 is 11.8 Å². The van der Waals surface area contributed by atoms with Gasteiger partial charge in [-0.3, -0.25) is 9.59 Å². The van der Waals surface area contributed by atoms with Crippen LogP contribution in [-0.2, 0) is 22.4 Å². The molecule has 3 aromatic rings. The quantitative estimate of drug-likeness (QED) is 0.522. The van der Waals surface area contributed by atoms with E-state index < -0.39 is 5.25 Å². The Hall–Kier alpha value is -3.43. The van der Waals surface area contributed by atoms with Crippen LogP contribution in [0.2, 0.25) is 0 Å². The lowest BCUT2D eigenvalue weighted by Gasteiger charge is -2.25. The van der Waals surface area contributed by atoms with Crippen molar-refractivity contribution in [2.75, 3.05) is 4.90 Å². The Bertz CT molecular complexity index is 1270. The molecule has 1 fully saturated rings. The van der Waals surface area contributed by atoms with Crippen LogP contribution in [0.4, 0.5) is 5.69 Å². The monoisotopic (exact) mass is 453 g/mol. The van der Waals surface area contributed by atoms with Gasteiger partial charge >= 0.3 is 0 Å². The summed E-state index contributed by atoms with van der Waals surface area (Å²) in [4.78, 5) is 31.8. The van der Waals surface area contributed by atoms with Gasteiger partial charge in [-0.05, 0) is 61.4 Å². The Morgan fingerprint density at radius 2 is 1.82 bits per heavy atom. The van der Waals surface area contributed by atoms with Gasteiger partial charge in [-0.1, -0.05) is 59.8 Å². The van der Waals surface area contributed by atoms with E-state index in [0.717, 1.165) is 36.1 Å². The molecule has 6 heteroatoms. The Labute approximate surface area is 197 Å². The lowest BCUT2D eigenvalue weighted by molar-refractivity contribution is -0.121. The Balaban J connectivity index is 1.37. The van der Waals surface area contributed by atoms with Crippen LogP contribution in [0.25, 0.3) is 0 Å². The molecule has 0 spiro atoms. The number of rotatable bonds is 4. The van der Waals surface area contributed by atoms with E-state index in [-0.39, 0.29) is 18.2 Å². The van der Waals surface area contributed by atoms with Gasteiger partial charge in [0, 0.05) is 12.1 Å². The second-order valence-electron chi connectivity index (χ2n) is 8.62. The van der Waals surface area contributed by atoms with Gasteiger partial charge in [-0.15, -0.1) is 0 Å². The number of aromatic nitrogens is 1. The molecule has 0 bridgehead atoms. The molecule has 2 aromatic carbocycles. The van der Waals surface area contributed by atoms with Gasteiger partial charge < -0.3 is 0 Å². The first-order chi connectivity index (χ1) is 16.0. The van der Waals surface area contributed by atoms with Crippen LogP contribution in [0.5, 0.6) is 0 Å². The number of thioether (sulfide) groups is 1. The topological polar surface area (TPSA) is 74.1 Å². The number of anilines is 1. The van der Waals surface area contributed by atoms with Gasteiger partial charge in [-0.25, -0.2) is 9.88 Å². The summed E-state index contributed by atoms with van der Waals surface area (Å²) in [6.45, 7) is 1.96. The third-order valence-electron chi connectivity index (χ3n) is 6.39. The van der Waals surface area contributed by atoms with E-state index in [1.54, 1.807) is 12.1 Å². The number of benzene rings is 2. The summed E-state index contributed by atoms with van der Waals surface area (Å²) >= 11 is 1.24. The van der Waals surface area contributed by atoms with Crippen molar-refractivity contribution in [3.05, 3.63) is 88.6 Å². The zero-order valence-corrected chi connectivity index (χ0v) is 19.1. The summed E-state index contributed by atoms with van der Waals surface area (Å²) in [6, 6.07) is 22.0. The molecule has 2 amide bonds. The van der Waals surface area contributed by atoms with Crippen LogP contribution in [0.3, 0.4) is 0 Å². The predicted molar refractivity (Wildman–Crippen MR) is 128 cm³/mol. The van der Waals surface area contributed by atoms with Gasteiger partial charge in [0.05, 0.1) is 16.5 Å². The number of hydrogen-bond donors (Lipinski definition) is 0. The molecule has 1 aliphatic heterocycles. The molecular formula is C27H23N3O2S. The first-order valence-electron chi connectivity index (χ1n) is 11.1. The highest BCUT2D eigenvalue weighted by Crippen LogP contribution is 2.38. The van der Waals surface area contributed by atoms with Crippen LogP contribution in [0.15, 0.2) is 65.7 Å². The maximum Gasteiger partial charge on any atom is 0.247 e. The molecule has 0 radical (unpaired) electrons. The van der Waals surface area contributed by atoms with Gasteiger partial charge in [0.2, 0.25) is 11.8 Å². The summed E-state index contributed by atoms with van der Waals surface area (Å²) in [7, 11) is 0. The molecule has 1 saturated heterocycles. The van der Waals surface area contributed by atoms with Gasteiger partial charge in [-0.2, -0.15) is 5.26 Å². The van der Waals surface area contributed by atoms with Crippen LogP contribution in [-0.4, -0.2) is 22.0 Å². The molecular weight excluding hydrogens is 430 g/mol. The fraction of sp³-hybridized carbons (Fsp3) is 0.259. The van der Waals surface area contributed by atoms with Crippen molar-refractivity contribution >= 4 is 29.3 Å². The highest BCUT2D eigenvalue weighted by atomic mass is 32.2. The minimum absolute atomic E-state index is 0.108. The van der Waals surface area contributed by atoms with Gasteiger partial charge in [0.25, 0.3) is 0 Å². The SMILES string of the molecule is Cc1ccc(N2C(=O)C[C@H](Sc3nc4c(cc3C#N)C[C@@H](c3ccccc3)CC4)C2=O)cc1. The Morgan fingerprint density at radius 1 is 1.06 bits per heavy atom. The number of carbonyl (C=O) groups is 2. The lowest BCUT2D eigenvalue weighted by Crippen LogP contribution is -2.31. The first kappa shape index (κ1) is 21.4. The number of carbonyl (C=O) groups excluding carboxylic acids is 2. The largest absolute Gasteiger partial charge is 0.274 e. The van der Waals surface area contributed by atoms with E-state index in [1.165, 1.54) is 22.2 Å². The van der Waals surface area contributed by atoms with Crippen molar-refractivity contribution in [3.63, 3.8) is 0 Å². The number of nitriles is 1. The highest BCUT2D eigenvalue weighted by Gasteiger charge is 2.41. The second kappa shape index (κ2) is 8.84. The third-order valence-corrected chi connectivity index (χ3v) is 7.58. The normalized spacial score (nSPS) is 19.9. The summed E-state index contributed by atoms with van der Waals surface area (Å²) < 4.78 is 0. The Morgan fingerprint density at radius 3 is 2.55 bits per heavy atom. The van der Waals surface area contributed by atoms with E-state index in [2.05, 4.69) is 30.3 Å². The average Bonchev–Trinajstić information content (AvgIpc) is 3.12. The molecule has 5 nitrogen and oxygen atoms in total. The number of aryl methyl sites for hydroxylation is 2. The second-order valence-corrected chi connectivity index (χ2v) is 9.81. The van der Waals surface area contributed by atoms with Crippen molar-refractivity contribution in [2.45, 2.75) is 48.8 Å². The van der Waals surface area contributed by atoms with Crippen LogP contribution in [0, 0.1) is 18.3 Å². The van der Waals surface area contributed by atoms with E-state index in [1.807, 2.05) is 31.2 Å². The number of amides is 2. The molecule has 2 atom stereocenters. The molecule has 1 aromatic heterocycles. The van der Waals surface area contributed by atoms with E-state index in [0.29, 0.717) is 22.2 Å². The average molecular weight is 454 g/mol. The minimum Gasteiger partial charge on any atom is -0.274 e. The summed E-state index contributed by atoms with van der Waals surface area (Å²) in [6.07, 6.45) is 2.80. The van der Waals surface area contributed by atoms with Gasteiger partial charge in [0.1, 0.15) is 11.1 Å². The molecule has 0 unspecified atom stereocenters.